The zero-order valence-corrected chi connectivity index (χ0v) is 18.3. The van der Waals surface area contributed by atoms with Gasteiger partial charge in [-0.15, -0.1) is 0 Å². The summed E-state index contributed by atoms with van der Waals surface area (Å²) < 4.78 is 7.92. The molecule has 1 saturated heterocycles. The molecule has 0 amide bonds. The Bertz CT molecular complexity index is 799. The molecule has 3 rings (SSSR count). The average Bonchev–Trinajstić information content (AvgIpc) is 3.28. The van der Waals surface area contributed by atoms with Crippen LogP contribution in [0, 0.1) is 19.8 Å². The summed E-state index contributed by atoms with van der Waals surface area (Å²) in [5, 5.41) is 7.97. The van der Waals surface area contributed by atoms with Crippen LogP contribution in [0.2, 0.25) is 0 Å². The summed E-state index contributed by atoms with van der Waals surface area (Å²) in [6.45, 7) is 11.5. The number of aromatic nitrogens is 2. The lowest BCUT2D eigenvalue weighted by atomic mass is 10.1. The topological polar surface area (TPSA) is 54.7 Å². The fourth-order valence-corrected chi connectivity index (χ4v) is 3.96. The van der Waals surface area contributed by atoms with Crippen LogP contribution in [0.1, 0.15) is 35.9 Å². The molecule has 1 aromatic carbocycles. The van der Waals surface area contributed by atoms with Crippen LogP contribution in [0.3, 0.4) is 0 Å². The van der Waals surface area contributed by atoms with Crippen molar-refractivity contribution in [1.82, 2.24) is 20.0 Å². The van der Waals surface area contributed by atoms with Crippen LogP contribution < -0.4 is 5.32 Å². The van der Waals surface area contributed by atoms with E-state index in [1.54, 1.807) is 0 Å². The number of benzene rings is 1. The van der Waals surface area contributed by atoms with Gasteiger partial charge in [0.15, 0.2) is 5.96 Å². The summed E-state index contributed by atoms with van der Waals surface area (Å²) in [6.07, 6.45) is 2.08. The normalized spacial score (nSPS) is 17.2. The molecule has 1 aliphatic rings. The standard InChI is InChI=1S/C23H35N5O/c1-5-24-23(25-13-11-22-18(2)26-27(4)19(22)3)28-14-12-21(15-28)17-29-16-20-9-7-6-8-10-20/h6-10,21H,5,11-17H2,1-4H3,(H,24,25). The largest absolute Gasteiger partial charge is 0.376 e. The highest BCUT2D eigenvalue weighted by atomic mass is 16.5. The Balaban J connectivity index is 1.49. The van der Waals surface area contributed by atoms with Crippen LogP contribution in [0.5, 0.6) is 0 Å². The van der Waals surface area contributed by atoms with Crippen molar-refractivity contribution in [3.63, 3.8) is 0 Å². The van der Waals surface area contributed by atoms with E-state index in [0.717, 1.165) is 57.3 Å². The second kappa shape index (κ2) is 10.4. The summed E-state index contributed by atoms with van der Waals surface area (Å²) >= 11 is 0. The van der Waals surface area contributed by atoms with Crippen molar-refractivity contribution in [2.75, 3.05) is 32.8 Å². The molecule has 0 saturated carbocycles. The predicted molar refractivity (Wildman–Crippen MR) is 118 cm³/mol. The Morgan fingerprint density at radius 3 is 2.76 bits per heavy atom. The van der Waals surface area contributed by atoms with Gasteiger partial charge in [0.2, 0.25) is 0 Å². The van der Waals surface area contributed by atoms with Gasteiger partial charge in [-0.1, -0.05) is 30.3 Å². The van der Waals surface area contributed by atoms with Crippen LogP contribution in [0.15, 0.2) is 35.3 Å². The highest BCUT2D eigenvalue weighted by Gasteiger charge is 2.25. The zero-order valence-electron chi connectivity index (χ0n) is 18.3. The molecule has 29 heavy (non-hydrogen) atoms. The van der Waals surface area contributed by atoms with E-state index in [0.29, 0.717) is 12.5 Å². The SMILES string of the molecule is CCNC(=NCCc1c(C)nn(C)c1C)N1CCC(COCc2ccccc2)C1. The van der Waals surface area contributed by atoms with E-state index in [4.69, 9.17) is 9.73 Å². The Hall–Kier alpha value is -2.34. The maximum atomic E-state index is 5.96. The van der Waals surface area contributed by atoms with Gasteiger partial charge in [-0.25, -0.2) is 0 Å². The number of likely N-dealkylation sites (tertiary alicyclic amines) is 1. The molecule has 2 aromatic rings. The predicted octanol–water partition coefficient (Wildman–Crippen LogP) is 3.08. The van der Waals surface area contributed by atoms with Crippen molar-refractivity contribution in [1.29, 1.82) is 0 Å². The molecular formula is C23H35N5O. The van der Waals surface area contributed by atoms with Crippen molar-refractivity contribution in [2.24, 2.45) is 18.0 Å². The molecule has 0 bridgehead atoms. The Kier molecular flexibility index (Phi) is 7.69. The van der Waals surface area contributed by atoms with Gasteiger partial charge in [0, 0.05) is 44.8 Å². The van der Waals surface area contributed by atoms with E-state index in [1.807, 2.05) is 17.8 Å². The van der Waals surface area contributed by atoms with E-state index in [9.17, 15) is 0 Å². The third-order valence-corrected chi connectivity index (χ3v) is 5.67. The second-order valence-corrected chi connectivity index (χ2v) is 7.86. The van der Waals surface area contributed by atoms with Crippen LogP contribution in [0.25, 0.3) is 0 Å². The van der Waals surface area contributed by atoms with Crippen molar-refractivity contribution in [3.05, 3.63) is 52.8 Å². The summed E-state index contributed by atoms with van der Waals surface area (Å²) in [6, 6.07) is 10.4. The minimum Gasteiger partial charge on any atom is -0.376 e. The van der Waals surface area contributed by atoms with Gasteiger partial charge in [-0.3, -0.25) is 9.67 Å². The number of rotatable bonds is 8. The van der Waals surface area contributed by atoms with Gasteiger partial charge in [0.1, 0.15) is 0 Å². The number of nitrogens with one attached hydrogen (secondary N) is 1. The van der Waals surface area contributed by atoms with Gasteiger partial charge in [0.25, 0.3) is 0 Å². The first-order chi connectivity index (χ1) is 14.1. The smallest absolute Gasteiger partial charge is 0.193 e. The highest BCUT2D eigenvalue weighted by Crippen LogP contribution is 2.18. The average molecular weight is 398 g/mol. The molecule has 1 fully saturated rings. The maximum absolute atomic E-state index is 5.96. The Labute approximate surface area is 175 Å². The van der Waals surface area contributed by atoms with Crippen molar-refractivity contribution < 1.29 is 4.74 Å². The monoisotopic (exact) mass is 397 g/mol. The van der Waals surface area contributed by atoms with E-state index >= 15 is 0 Å². The molecule has 6 nitrogen and oxygen atoms in total. The first-order valence-corrected chi connectivity index (χ1v) is 10.7. The quantitative estimate of drug-likeness (QED) is 0.549. The minimum atomic E-state index is 0.561. The van der Waals surface area contributed by atoms with Gasteiger partial charge in [0.05, 0.1) is 18.9 Å². The Morgan fingerprint density at radius 2 is 2.07 bits per heavy atom. The lowest BCUT2D eigenvalue weighted by molar-refractivity contribution is 0.0907. The number of aryl methyl sites for hydroxylation is 2. The highest BCUT2D eigenvalue weighted by molar-refractivity contribution is 5.80. The molecule has 6 heteroatoms. The van der Waals surface area contributed by atoms with E-state index in [2.05, 4.69) is 60.4 Å². The Morgan fingerprint density at radius 1 is 1.28 bits per heavy atom. The van der Waals surface area contributed by atoms with Gasteiger partial charge < -0.3 is 15.0 Å². The maximum Gasteiger partial charge on any atom is 0.193 e. The van der Waals surface area contributed by atoms with E-state index in [1.165, 1.54) is 16.8 Å². The van der Waals surface area contributed by atoms with Gasteiger partial charge in [-0.05, 0) is 44.7 Å². The number of guanidine groups is 1. The number of nitrogens with zero attached hydrogens (tertiary/aromatic N) is 4. The summed E-state index contributed by atoms with van der Waals surface area (Å²) in [4.78, 5) is 7.28. The lowest BCUT2D eigenvalue weighted by Gasteiger charge is -2.21. The van der Waals surface area contributed by atoms with Crippen LogP contribution in [-0.4, -0.2) is 53.4 Å². The molecule has 1 unspecified atom stereocenters. The third-order valence-electron chi connectivity index (χ3n) is 5.67. The van der Waals surface area contributed by atoms with Crippen molar-refractivity contribution in [3.8, 4) is 0 Å². The molecule has 1 N–H and O–H groups in total. The zero-order chi connectivity index (χ0) is 20.6. The van der Waals surface area contributed by atoms with E-state index in [-0.39, 0.29) is 0 Å². The van der Waals surface area contributed by atoms with Gasteiger partial charge in [-0.2, -0.15) is 5.10 Å². The van der Waals surface area contributed by atoms with Crippen LogP contribution >= 0.6 is 0 Å². The van der Waals surface area contributed by atoms with Crippen molar-refractivity contribution >= 4 is 5.96 Å². The number of hydrogen-bond acceptors (Lipinski definition) is 3. The number of aliphatic imine (C=N–C) groups is 1. The van der Waals surface area contributed by atoms with Crippen LogP contribution in [0.4, 0.5) is 0 Å². The summed E-state index contributed by atoms with van der Waals surface area (Å²) in [5.41, 5.74) is 4.90. The number of hydrogen-bond donors (Lipinski definition) is 1. The molecule has 2 heterocycles. The summed E-state index contributed by atoms with van der Waals surface area (Å²) in [7, 11) is 2.00. The molecular weight excluding hydrogens is 362 g/mol. The van der Waals surface area contributed by atoms with Crippen molar-refractivity contribution in [2.45, 2.75) is 40.2 Å². The van der Waals surface area contributed by atoms with Gasteiger partial charge >= 0.3 is 0 Å². The van der Waals surface area contributed by atoms with Crippen LogP contribution in [-0.2, 0) is 24.8 Å². The second-order valence-electron chi connectivity index (χ2n) is 7.86. The first kappa shape index (κ1) is 21.4. The molecule has 0 radical (unpaired) electrons. The first-order valence-electron chi connectivity index (χ1n) is 10.7. The number of ether oxygens (including phenoxy) is 1. The molecule has 1 aromatic heterocycles. The molecule has 158 valence electrons. The fraction of sp³-hybridized carbons (Fsp3) is 0.565. The molecule has 1 atom stereocenters. The molecule has 0 aliphatic carbocycles. The minimum absolute atomic E-state index is 0.561. The molecule has 1 aliphatic heterocycles. The third kappa shape index (κ3) is 5.82. The fourth-order valence-electron chi connectivity index (χ4n) is 3.96. The van der Waals surface area contributed by atoms with E-state index < -0.39 is 0 Å². The lowest BCUT2D eigenvalue weighted by Crippen LogP contribution is -2.40. The molecule has 0 spiro atoms. The summed E-state index contributed by atoms with van der Waals surface area (Å²) in [5.74, 6) is 1.59.